The SMILES string of the molecule is COc1ccc(-c2oc(NC(=O)COC(=O)c3ccc(O)c(O)c3)c(C#N)c2-c2ccc(OC)cc2)cc1. The number of amides is 1. The maximum Gasteiger partial charge on any atom is 0.338 e. The van der Waals surface area contributed by atoms with Crippen LogP contribution in [0.4, 0.5) is 5.88 Å². The van der Waals surface area contributed by atoms with Crippen molar-refractivity contribution in [2.45, 2.75) is 0 Å². The van der Waals surface area contributed by atoms with Gasteiger partial charge in [0, 0.05) is 11.1 Å². The lowest BCUT2D eigenvalue weighted by Gasteiger charge is -2.06. The maximum atomic E-state index is 12.6. The normalized spacial score (nSPS) is 10.3. The average Bonchev–Trinajstić information content (AvgIpc) is 3.31. The lowest BCUT2D eigenvalue weighted by molar-refractivity contribution is -0.119. The van der Waals surface area contributed by atoms with Crippen molar-refractivity contribution in [3.8, 4) is 51.5 Å². The second kappa shape index (κ2) is 11.1. The minimum absolute atomic E-state index is 0.0626. The molecule has 0 atom stereocenters. The van der Waals surface area contributed by atoms with Crippen molar-refractivity contribution in [1.29, 1.82) is 5.26 Å². The van der Waals surface area contributed by atoms with Crippen LogP contribution in [0.2, 0.25) is 0 Å². The third kappa shape index (κ3) is 5.37. The summed E-state index contributed by atoms with van der Waals surface area (Å²) in [6.07, 6.45) is 0. The third-order valence-corrected chi connectivity index (χ3v) is 5.55. The largest absolute Gasteiger partial charge is 0.504 e. The van der Waals surface area contributed by atoms with E-state index in [-0.39, 0.29) is 17.0 Å². The number of nitrogens with one attached hydrogen (secondary N) is 1. The van der Waals surface area contributed by atoms with Gasteiger partial charge in [0.05, 0.1) is 19.8 Å². The van der Waals surface area contributed by atoms with E-state index in [0.717, 1.165) is 12.1 Å². The number of rotatable bonds is 8. The van der Waals surface area contributed by atoms with Gasteiger partial charge in [-0.05, 0) is 60.2 Å². The Morgan fingerprint density at radius 2 is 1.50 bits per heavy atom. The van der Waals surface area contributed by atoms with Crippen LogP contribution in [0.5, 0.6) is 23.0 Å². The number of anilines is 1. The van der Waals surface area contributed by atoms with E-state index in [0.29, 0.717) is 33.9 Å². The number of phenols is 2. The third-order valence-electron chi connectivity index (χ3n) is 5.55. The molecule has 0 aliphatic heterocycles. The average molecular weight is 514 g/mol. The second-order valence-corrected chi connectivity index (χ2v) is 7.91. The molecule has 0 aliphatic carbocycles. The molecule has 0 spiro atoms. The molecule has 1 aromatic heterocycles. The topological polar surface area (TPSA) is 151 Å². The second-order valence-electron chi connectivity index (χ2n) is 7.91. The fourth-order valence-corrected chi connectivity index (χ4v) is 3.63. The fourth-order valence-electron chi connectivity index (χ4n) is 3.63. The van der Waals surface area contributed by atoms with Crippen LogP contribution in [-0.2, 0) is 9.53 Å². The van der Waals surface area contributed by atoms with Crippen LogP contribution in [0, 0.1) is 11.3 Å². The summed E-state index contributed by atoms with van der Waals surface area (Å²) >= 11 is 0. The number of ether oxygens (including phenoxy) is 3. The summed E-state index contributed by atoms with van der Waals surface area (Å²) in [5.41, 5.74) is 1.74. The number of methoxy groups -OCH3 is 2. The Labute approximate surface area is 217 Å². The van der Waals surface area contributed by atoms with Crippen molar-refractivity contribution >= 4 is 17.8 Å². The van der Waals surface area contributed by atoms with Crippen molar-refractivity contribution in [3.63, 3.8) is 0 Å². The molecule has 3 aromatic carbocycles. The monoisotopic (exact) mass is 514 g/mol. The van der Waals surface area contributed by atoms with Gasteiger partial charge in [-0.15, -0.1) is 0 Å². The molecule has 4 rings (SSSR count). The Morgan fingerprint density at radius 3 is 2.05 bits per heavy atom. The summed E-state index contributed by atoms with van der Waals surface area (Å²) < 4.78 is 21.4. The predicted octanol–water partition coefficient (Wildman–Crippen LogP) is 4.71. The first-order chi connectivity index (χ1) is 18.3. The van der Waals surface area contributed by atoms with Gasteiger partial charge in [-0.1, -0.05) is 12.1 Å². The lowest BCUT2D eigenvalue weighted by Crippen LogP contribution is -2.21. The van der Waals surface area contributed by atoms with Crippen LogP contribution in [0.15, 0.2) is 71.1 Å². The first-order valence-electron chi connectivity index (χ1n) is 11.2. The van der Waals surface area contributed by atoms with E-state index in [1.165, 1.54) is 6.07 Å². The number of aromatic hydroxyl groups is 2. The molecular formula is C28H22N2O8. The maximum absolute atomic E-state index is 12.6. The highest BCUT2D eigenvalue weighted by Gasteiger charge is 2.25. The molecule has 0 radical (unpaired) electrons. The Balaban J connectivity index is 1.63. The van der Waals surface area contributed by atoms with Gasteiger partial charge in [-0.3, -0.25) is 10.1 Å². The first-order valence-corrected chi connectivity index (χ1v) is 11.2. The quantitative estimate of drug-likeness (QED) is 0.224. The van der Waals surface area contributed by atoms with Gasteiger partial charge >= 0.3 is 5.97 Å². The molecule has 0 saturated heterocycles. The molecule has 192 valence electrons. The molecule has 1 amide bonds. The van der Waals surface area contributed by atoms with E-state index < -0.39 is 30.0 Å². The Hall–Kier alpha value is -5.43. The van der Waals surface area contributed by atoms with E-state index in [4.69, 9.17) is 18.6 Å². The molecule has 0 aliphatic rings. The van der Waals surface area contributed by atoms with Crippen LogP contribution in [-0.4, -0.2) is 42.9 Å². The minimum Gasteiger partial charge on any atom is -0.504 e. The molecule has 38 heavy (non-hydrogen) atoms. The predicted molar refractivity (Wildman–Crippen MR) is 136 cm³/mol. The number of carbonyl (C=O) groups is 2. The van der Waals surface area contributed by atoms with Crippen LogP contribution < -0.4 is 14.8 Å². The molecule has 10 heteroatoms. The summed E-state index contributed by atoms with van der Waals surface area (Å²) in [6.45, 7) is -0.693. The number of hydrogen-bond donors (Lipinski definition) is 3. The molecule has 10 nitrogen and oxygen atoms in total. The van der Waals surface area contributed by atoms with Gasteiger partial charge in [0.1, 0.15) is 28.9 Å². The van der Waals surface area contributed by atoms with Crippen molar-refractivity contribution in [2.24, 2.45) is 0 Å². The molecule has 0 saturated carbocycles. The molecule has 4 aromatic rings. The zero-order chi connectivity index (χ0) is 27.2. The number of furan rings is 1. The van der Waals surface area contributed by atoms with Gasteiger partial charge < -0.3 is 28.8 Å². The molecular weight excluding hydrogens is 492 g/mol. The standard InChI is InChI=1S/C28H22N2O8/c1-35-19-8-3-16(4-9-19)25-21(14-29)27(38-26(25)17-5-10-20(36-2)11-6-17)30-24(33)15-37-28(34)18-7-12-22(31)23(32)13-18/h3-13,31-32H,15H2,1-2H3,(H,30,33). The highest BCUT2D eigenvalue weighted by atomic mass is 16.5. The van der Waals surface area contributed by atoms with Crippen molar-refractivity contribution in [2.75, 3.05) is 26.1 Å². The first kappa shape index (κ1) is 25.7. The number of nitrogens with zero attached hydrogens (tertiary/aromatic N) is 1. The summed E-state index contributed by atoms with van der Waals surface area (Å²) in [7, 11) is 3.09. The number of nitriles is 1. The fraction of sp³-hybridized carbons (Fsp3) is 0.107. The Bertz CT molecular complexity index is 1520. The molecule has 0 fully saturated rings. The van der Waals surface area contributed by atoms with E-state index >= 15 is 0 Å². The van der Waals surface area contributed by atoms with E-state index in [1.54, 1.807) is 62.8 Å². The van der Waals surface area contributed by atoms with E-state index in [9.17, 15) is 25.1 Å². The highest BCUT2D eigenvalue weighted by molar-refractivity contribution is 5.98. The van der Waals surface area contributed by atoms with E-state index in [2.05, 4.69) is 11.4 Å². The number of hydrogen-bond acceptors (Lipinski definition) is 9. The molecule has 0 bridgehead atoms. The molecule has 0 unspecified atom stereocenters. The summed E-state index contributed by atoms with van der Waals surface area (Å²) in [5.74, 6) is -1.09. The molecule has 3 N–H and O–H groups in total. The number of carbonyl (C=O) groups excluding carboxylic acids is 2. The molecule has 1 heterocycles. The van der Waals surface area contributed by atoms with Crippen molar-refractivity contribution in [3.05, 3.63) is 77.9 Å². The summed E-state index contributed by atoms with van der Waals surface area (Å²) in [5, 5.41) is 31.4. The van der Waals surface area contributed by atoms with Crippen LogP contribution >= 0.6 is 0 Å². The van der Waals surface area contributed by atoms with Gasteiger partial charge in [-0.25, -0.2) is 4.79 Å². The smallest absolute Gasteiger partial charge is 0.338 e. The van der Waals surface area contributed by atoms with E-state index in [1.807, 2.05) is 0 Å². The van der Waals surface area contributed by atoms with Gasteiger partial charge in [0.25, 0.3) is 5.91 Å². The van der Waals surface area contributed by atoms with Crippen LogP contribution in [0.25, 0.3) is 22.5 Å². The zero-order valence-corrected chi connectivity index (χ0v) is 20.3. The van der Waals surface area contributed by atoms with Crippen molar-refractivity contribution < 1.29 is 38.4 Å². The van der Waals surface area contributed by atoms with Crippen molar-refractivity contribution in [1.82, 2.24) is 0 Å². The Morgan fingerprint density at radius 1 is 0.895 bits per heavy atom. The minimum atomic E-state index is -0.895. The number of phenolic OH excluding ortho intramolecular Hbond substituents is 2. The number of benzene rings is 3. The number of esters is 1. The van der Waals surface area contributed by atoms with Crippen LogP contribution in [0.3, 0.4) is 0 Å². The Kier molecular flexibility index (Phi) is 7.49. The zero-order valence-electron chi connectivity index (χ0n) is 20.3. The summed E-state index contributed by atoms with van der Waals surface area (Å²) in [4.78, 5) is 24.8. The van der Waals surface area contributed by atoms with Gasteiger partial charge in [0.2, 0.25) is 5.88 Å². The van der Waals surface area contributed by atoms with Crippen LogP contribution in [0.1, 0.15) is 15.9 Å². The highest BCUT2D eigenvalue weighted by Crippen LogP contribution is 2.42. The lowest BCUT2D eigenvalue weighted by atomic mass is 9.98. The van der Waals surface area contributed by atoms with Gasteiger partial charge in [0.15, 0.2) is 18.1 Å². The summed E-state index contributed by atoms with van der Waals surface area (Å²) in [6, 6.07) is 19.4. The van der Waals surface area contributed by atoms with Gasteiger partial charge in [-0.2, -0.15) is 5.26 Å².